The van der Waals surface area contributed by atoms with Crippen molar-refractivity contribution in [2.24, 2.45) is 0 Å². The van der Waals surface area contributed by atoms with Crippen molar-refractivity contribution in [1.29, 1.82) is 0 Å². The average molecular weight is 275 g/mol. The number of rotatable bonds is 3. The third-order valence-corrected chi connectivity index (χ3v) is 3.57. The minimum absolute atomic E-state index is 0.701. The number of hydrogen-bond donors (Lipinski definition) is 1. The summed E-state index contributed by atoms with van der Waals surface area (Å²) in [5, 5.41) is 9.90. The molecule has 0 aliphatic carbocycles. The number of hydrogen-bond acceptors (Lipinski definition) is 1. The van der Waals surface area contributed by atoms with E-state index in [0.717, 1.165) is 16.7 Å². The molecule has 0 heterocycles. The van der Waals surface area contributed by atoms with Gasteiger partial charge in [-0.2, -0.15) is 0 Å². The highest BCUT2D eigenvalue weighted by Crippen LogP contribution is 2.27. The van der Waals surface area contributed by atoms with Crippen LogP contribution in [-0.2, 0) is 10.2 Å². The third-order valence-electron chi connectivity index (χ3n) is 3.32. The van der Waals surface area contributed by atoms with E-state index >= 15 is 0 Å². The van der Waals surface area contributed by atoms with Crippen LogP contribution in [-0.4, -0.2) is 11.1 Å². The Bertz CT molecular complexity index is 583. The maximum Gasteiger partial charge on any atom is 0.313 e. The van der Waals surface area contributed by atoms with E-state index in [1.54, 1.807) is 13.8 Å². The van der Waals surface area contributed by atoms with Crippen molar-refractivity contribution in [3.05, 3.63) is 59.1 Å². The third kappa shape index (κ3) is 2.79. The fraction of sp³-hybridized carbons (Fsp3) is 0.188. The van der Waals surface area contributed by atoms with Crippen LogP contribution in [0, 0.1) is 0 Å². The lowest BCUT2D eigenvalue weighted by Gasteiger charge is -2.19. The molecule has 0 fully saturated rings. The molecule has 0 aliphatic heterocycles. The number of carbonyl (C=O) groups is 1. The molecule has 0 atom stereocenters. The second-order valence-electron chi connectivity index (χ2n) is 5.01. The van der Waals surface area contributed by atoms with Crippen LogP contribution in [0.3, 0.4) is 0 Å². The Kier molecular flexibility index (Phi) is 3.63. The van der Waals surface area contributed by atoms with Crippen molar-refractivity contribution in [3.63, 3.8) is 0 Å². The van der Waals surface area contributed by atoms with Crippen molar-refractivity contribution < 1.29 is 9.90 Å². The summed E-state index contributed by atoms with van der Waals surface area (Å²) in [6, 6.07) is 15.2. The molecule has 0 saturated carbocycles. The molecule has 0 radical (unpaired) electrons. The van der Waals surface area contributed by atoms with Crippen LogP contribution in [0.25, 0.3) is 11.1 Å². The van der Waals surface area contributed by atoms with Gasteiger partial charge in [-0.15, -0.1) is 0 Å². The minimum Gasteiger partial charge on any atom is -0.481 e. The maximum atomic E-state index is 11.2. The molecule has 0 unspecified atom stereocenters. The first-order chi connectivity index (χ1) is 8.91. The van der Waals surface area contributed by atoms with Gasteiger partial charge in [0.15, 0.2) is 0 Å². The Labute approximate surface area is 117 Å². The number of aliphatic carboxylic acids is 1. The molecule has 0 bridgehead atoms. The van der Waals surface area contributed by atoms with Crippen LogP contribution in [0.5, 0.6) is 0 Å². The Balaban J connectivity index is 2.33. The van der Waals surface area contributed by atoms with Gasteiger partial charge in [-0.05, 0) is 42.7 Å². The predicted octanol–water partition coefficient (Wildman–Crippen LogP) is 4.37. The lowest BCUT2D eigenvalue weighted by atomic mass is 9.84. The van der Waals surface area contributed by atoms with Crippen LogP contribution in [0.1, 0.15) is 19.4 Å². The van der Waals surface area contributed by atoms with E-state index in [2.05, 4.69) is 0 Å². The molecule has 2 nitrogen and oxygen atoms in total. The van der Waals surface area contributed by atoms with Gasteiger partial charge in [0.1, 0.15) is 0 Å². The van der Waals surface area contributed by atoms with Crippen LogP contribution >= 0.6 is 11.6 Å². The maximum absolute atomic E-state index is 11.2. The second-order valence-corrected chi connectivity index (χ2v) is 5.45. The van der Waals surface area contributed by atoms with Gasteiger partial charge < -0.3 is 5.11 Å². The van der Waals surface area contributed by atoms with Crippen molar-refractivity contribution >= 4 is 17.6 Å². The molecule has 2 rings (SSSR count). The normalized spacial score (nSPS) is 11.3. The van der Waals surface area contributed by atoms with Crippen molar-refractivity contribution in [2.45, 2.75) is 19.3 Å². The number of carboxylic acid groups (broad SMARTS) is 1. The highest BCUT2D eigenvalue weighted by atomic mass is 35.5. The van der Waals surface area contributed by atoms with E-state index in [1.165, 1.54) is 0 Å². The molecule has 19 heavy (non-hydrogen) atoms. The number of halogens is 1. The topological polar surface area (TPSA) is 37.3 Å². The summed E-state index contributed by atoms with van der Waals surface area (Å²) in [5.41, 5.74) is 2.02. The molecule has 98 valence electrons. The Morgan fingerprint density at radius 1 is 0.947 bits per heavy atom. The van der Waals surface area contributed by atoms with E-state index in [4.69, 9.17) is 11.6 Å². The molecule has 0 aromatic heterocycles. The fourth-order valence-corrected chi connectivity index (χ4v) is 1.97. The zero-order valence-electron chi connectivity index (χ0n) is 10.9. The van der Waals surface area contributed by atoms with Crippen LogP contribution in [0.4, 0.5) is 0 Å². The molecule has 3 heteroatoms. The van der Waals surface area contributed by atoms with E-state index in [9.17, 15) is 9.90 Å². The second kappa shape index (κ2) is 5.06. The molecule has 1 N–H and O–H groups in total. The SMILES string of the molecule is CC(C)(C(=O)O)c1ccc(-c2ccc(Cl)cc2)cc1. The van der Waals surface area contributed by atoms with E-state index < -0.39 is 11.4 Å². The summed E-state index contributed by atoms with van der Waals surface area (Å²) in [6.07, 6.45) is 0. The zero-order chi connectivity index (χ0) is 14.0. The first-order valence-corrected chi connectivity index (χ1v) is 6.39. The summed E-state index contributed by atoms with van der Waals surface area (Å²) in [4.78, 5) is 11.2. The van der Waals surface area contributed by atoms with Gasteiger partial charge in [0.05, 0.1) is 5.41 Å². The summed E-state index contributed by atoms with van der Waals surface area (Å²) >= 11 is 5.85. The summed E-state index contributed by atoms with van der Waals surface area (Å²) in [6.45, 7) is 3.40. The predicted molar refractivity (Wildman–Crippen MR) is 77.5 cm³/mol. The van der Waals surface area contributed by atoms with E-state index in [-0.39, 0.29) is 0 Å². The Morgan fingerprint density at radius 3 is 1.79 bits per heavy atom. The van der Waals surface area contributed by atoms with Gasteiger partial charge in [0, 0.05) is 5.02 Å². The monoisotopic (exact) mass is 274 g/mol. The van der Waals surface area contributed by atoms with Gasteiger partial charge in [0.2, 0.25) is 0 Å². The molecule has 0 aliphatic rings. The standard InChI is InChI=1S/C16H15ClO2/c1-16(2,15(18)19)13-7-3-11(4-8-13)12-5-9-14(17)10-6-12/h3-10H,1-2H3,(H,18,19). The smallest absolute Gasteiger partial charge is 0.313 e. The van der Waals surface area contributed by atoms with Crippen molar-refractivity contribution in [3.8, 4) is 11.1 Å². The minimum atomic E-state index is -0.876. The summed E-state index contributed by atoms with van der Waals surface area (Å²) < 4.78 is 0. The quantitative estimate of drug-likeness (QED) is 0.902. The van der Waals surface area contributed by atoms with Gasteiger partial charge in [0.25, 0.3) is 0 Å². The Hall–Kier alpha value is -1.80. The van der Waals surface area contributed by atoms with Crippen molar-refractivity contribution in [1.82, 2.24) is 0 Å². The van der Waals surface area contributed by atoms with E-state index in [1.807, 2.05) is 48.5 Å². The summed E-state index contributed by atoms with van der Waals surface area (Å²) in [5.74, 6) is -0.827. The van der Waals surface area contributed by atoms with Crippen LogP contribution in [0.15, 0.2) is 48.5 Å². The molecule has 2 aromatic carbocycles. The van der Waals surface area contributed by atoms with Crippen LogP contribution in [0.2, 0.25) is 5.02 Å². The molecule has 2 aromatic rings. The first-order valence-electron chi connectivity index (χ1n) is 6.01. The largest absolute Gasteiger partial charge is 0.481 e. The summed E-state index contributed by atoms with van der Waals surface area (Å²) in [7, 11) is 0. The highest BCUT2D eigenvalue weighted by molar-refractivity contribution is 6.30. The van der Waals surface area contributed by atoms with Gasteiger partial charge in [-0.3, -0.25) is 4.79 Å². The molecule has 0 amide bonds. The number of carboxylic acids is 1. The highest BCUT2D eigenvalue weighted by Gasteiger charge is 2.29. The van der Waals surface area contributed by atoms with E-state index in [0.29, 0.717) is 5.02 Å². The average Bonchev–Trinajstić information content (AvgIpc) is 2.39. The Morgan fingerprint density at radius 2 is 1.37 bits per heavy atom. The first kappa shape index (κ1) is 13.6. The lowest BCUT2D eigenvalue weighted by molar-refractivity contribution is -0.142. The van der Waals surface area contributed by atoms with Gasteiger partial charge in [-0.1, -0.05) is 48.0 Å². The molecular weight excluding hydrogens is 260 g/mol. The molecule has 0 spiro atoms. The molecular formula is C16H15ClO2. The van der Waals surface area contributed by atoms with Gasteiger partial charge in [-0.25, -0.2) is 0 Å². The molecule has 0 saturated heterocycles. The fourth-order valence-electron chi connectivity index (χ4n) is 1.85. The number of benzene rings is 2. The van der Waals surface area contributed by atoms with Crippen molar-refractivity contribution in [2.75, 3.05) is 0 Å². The lowest BCUT2D eigenvalue weighted by Crippen LogP contribution is -2.28. The van der Waals surface area contributed by atoms with Crippen LogP contribution < -0.4 is 0 Å². The van der Waals surface area contributed by atoms with Gasteiger partial charge >= 0.3 is 5.97 Å². The zero-order valence-corrected chi connectivity index (χ0v) is 11.6.